The molecule has 0 bridgehead atoms. The fraction of sp³-hybridized carbons (Fsp3) is 0.143. The Bertz CT molecular complexity index is 596. The summed E-state index contributed by atoms with van der Waals surface area (Å²) in [5, 5.41) is 11.3. The van der Waals surface area contributed by atoms with E-state index in [1.54, 1.807) is 12.1 Å². The Hall–Kier alpha value is -2.07. The van der Waals surface area contributed by atoms with E-state index in [1.807, 2.05) is 31.2 Å². The largest absolute Gasteiger partial charge is 0.489 e. The summed E-state index contributed by atoms with van der Waals surface area (Å²) in [7, 11) is 0. The quantitative estimate of drug-likeness (QED) is 0.623. The Morgan fingerprint density at radius 3 is 2.53 bits per heavy atom. The standard InChI is InChI=1S/C14H12ClNO3/c1-10-2-6-13(7-3-10)19-9-11-4-5-12(15)8-14(11)16(17)18/h2-8H,9H2,1H3. The summed E-state index contributed by atoms with van der Waals surface area (Å²) in [4.78, 5) is 10.5. The Labute approximate surface area is 115 Å². The fourth-order valence-corrected chi connectivity index (χ4v) is 1.79. The molecule has 0 heterocycles. The first-order chi connectivity index (χ1) is 9.06. The predicted octanol–water partition coefficient (Wildman–Crippen LogP) is 4.14. The second-order valence-corrected chi connectivity index (χ2v) is 4.57. The minimum atomic E-state index is -0.459. The summed E-state index contributed by atoms with van der Waals surface area (Å²) in [6.07, 6.45) is 0. The van der Waals surface area contributed by atoms with Gasteiger partial charge in [-0.1, -0.05) is 29.3 Å². The van der Waals surface area contributed by atoms with Crippen LogP contribution in [0.25, 0.3) is 0 Å². The molecule has 0 aliphatic rings. The molecule has 0 aliphatic heterocycles. The first-order valence-electron chi connectivity index (χ1n) is 5.68. The molecule has 0 atom stereocenters. The second-order valence-electron chi connectivity index (χ2n) is 4.13. The van der Waals surface area contributed by atoms with Gasteiger partial charge in [0.15, 0.2) is 0 Å². The van der Waals surface area contributed by atoms with E-state index in [1.165, 1.54) is 6.07 Å². The van der Waals surface area contributed by atoms with E-state index in [-0.39, 0.29) is 12.3 Å². The van der Waals surface area contributed by atoms with E-state index >= 15 is 0 Å². The van der Waals surface area contributed by atoms with E-state index in [0.29, 0.717) is 16.3 Å². The maximum Gasteiger partial charge on any atom is 0.277 e. The molecule has 98 valence electrons. The molecule has 0 unspecified atom stereocenters. The summed E-state index contributed by atoms with van der Waals surface area (Å²) in [6, 6.07) is 12.1. The molecule has 0 saturated carbocycles. The number of hydrogen-bond donors (Lipinski definition) is 0. The minimum Gasteiger partial charge on any atom is -0.489 e. The zero-order chi connectivity index (χ0) is 13.8. The van der Waals surface area contributed by atoms with Gasteiger partial charge in [0.05, 0.1) is 10.5 Å². The van der Waals surface area contributed by atoms with E-state index in [4.69, 9.17) is 16.3 Å². The number of rotatable bonds is 4. The lowest BCUT2D eigenvalue weighted by atomic mass is 10.2. The topological polar surface area (TPSA) is 52.4 Å². The Balaban J connectivity index is 2.15. The number of benzene rings is 2. The van der Waals surface area contributed by atoms with Crippen molar-refractivity contribution in [3.8, 4) is 5.75 Å². The van der Waals surface area contributed by atoms with Crippen molar-refractivity contribution in [1.29, 1.82) is 0 Å². The molecular weight excluding hydrogens is 266 g/mol. The van der Waals surface area contributed by atoms with Gasteiger partial charge in [-0.25, -0.2) is 0 Å². The van der Waals surface area contributed by atoms with E-state index in [0.717, 1.165) is 5.56 Å². The number of aryl methyl sites for hydroxylation is 1. The Morgan fingerprint density at radius 2 is 1.89 bits per heavy atom. The normalized spacial score (nSPS) is 10.2. The van der Waals surface area contributed by atoms with E-state index in [9.17, 15) is 10.1 Å². The molecule has 2 aromatic carbocycles. The van der Waals surface area contributed by atoms with Crippen LogP contribution in [0.1, 0.15) is 11.1 Å². The van der Waals surface area contributed by atoms with Crippen molar-refractivity contribution >= 4 is 17.3 Å². The molecule has 5 heteroatoms. The van der Waals surface area contributed by atoms with Gasteiger partial charge in [0.1, 0.15) is 12.4 Å². The molecule has 0 spiro atoms. The molecule has 0 saturated heterocycles. The maximum absolute atomic E-state index is 10.9. The monoisotopic (exact) mass is 277 g/mol. The Kier molecular flexibility index (Phi) is 4.02. The van der Waals surface area contributed by atoms with Crippen LogP contribution in [-0.4, -0.2) is 4.92 Å². The highest BCUT2D eigenvalue weighted by Gasteiger charge is 2.14. The van der Waals surface area contributed by atoms with Crippen LogP contribution >= 0.6 is 11.6 Å². The molecule has 19 heavy (non-hydrogen) atoms. The summed E-state index contributed by atoms with van der Waals surface area (Å²) in [5.74, 6) is 0.676. The average Bonchev–Trinajstić information content (AvgIpc) is 2.39. The van der Waals surface area contributed by atoms with Gasteiger partial charge in [-0.2, -0.15) is 0 Å². The molecule has 0 aliphatic carbocycles. The van der Waals surface area contributed by atoms with Crippen LogP contribution in [0.3, 0.4) is 0 Å². The van der Waals surface area contributed by atoms with Crippen LogP contribution in [0, 0.1) is 17.0 Å². The molecule has 2 rings (SSSR count). The van der Waals surface area contributed by atoms with Gasteiger partial charge in [0.2, 0.25) is 0 Å². The van der Waals surface area contributed by atoms with Crippen LogP contribution < -0.4 is 4.74 Å². The second kappa shape index (κ2) is 5.71. The van der Waals surface area contributed by atoms with E-state index < -0.39 is 4.92 Å². The van der Waals surface area contributed by atoms with Crippen molar-refractivity contribution in [3.63, 3.8) is 0 Å². The highest BCUT2D eigenvalue weighted by atomic mass is 35.5. The van der Waals surface area contributed by atoms with Crippen LogP contribution in [0.5, 0.6) is 5.75 Å². The first-order valence-corrected chi connectivity index (χ1v) is 6.06. The number of hydrogen-bond acceptors (Lipinski definition) is 3. The minimum absolute atomic E-state index is 0.0281. The van der Waals surface area contributed by atoms with Crippen LogP contribution in [-0.2, 0) is 6.61 Å². The number of nitro groups is 1. The lowest BCUT2D eigenvalue weighted by Gasteiger charge is -2.07. The van der Waals surface area contributed by atoms with Gasteiger partial charge < -0.3 is 4.74 Å². The van der Waals surface area contributed by atoms with Crippen LogP contribution in [0.4, 0.5) is 5.69 Å². The lowest BCUT2D eigenvalue weighted by molar-refractivity contribution is -0.385. The summed E-state index contributed by atoms with van der Waals surface area (Å²) in [5.41, 5.74) is 1.60. The molecule has 2 aromatic rings. The smallest absolute Gasteiger partial charge is 0.277 e. The molecule has 0 N–H and O–H groups in total. The van der Waals surface area contributed by atoms with Crippen molar-refractivity contribution in [1.82, 2.24) is 0 Å². The third-order valence-electron chi connectivity index (χ3n) is 2.66. The number of nitro benzene ring substituents is 1. The predicted molar refractivity (Wildman–Crippen MR) is 73.6 cm³/mol. The summed E-state index contributed by atoms with van der Waals surface area (Å²) in [6.45, 7) is 2.12. The number of halogens is 1. The van der Waals surface area contributed by atoms with Gasteiger partial charge >= 0.3 is 0 Å². The van der Waals surface area contributed by atoms with Crippen molar-refractivity contribution in [2.24, 2.45) is 0 Å². The van der Waals surface area contributed by atoms with Gasteiger partial charge in [-0.05, 0) is 31.2 Å². The van der Waals surface area contributed by atoms with Gasteiger partial charge in [-0.15, -0.1) is 0 Å². The third kappa shape index (κ3) is 3.45. The van der Waals surface area contributed by atoms with E-state index in [2.05, 4.69) is 0 Å². The van der Waals surface area contributed by atoms with Gasteiger partial charge in [0.25, 0.3) is 5.69 Å². The van der Waals surface area contributed by atoms with Crippen molar-refractivity contribution in [3.05, 3.63) is 68.7 Å². The molecule has 0 aromatic heterocycles. The number of nitrogens with zero attached hydrogens (tertiary/aromatic N) is 1. The molecule has 4 nitrogen and oxygen atoms in total. The van der Waals surface area contributed by atoms with Crippen molar-refractivity contribution in [2.75, 3.05) is 0 Å². The van der Waals surface area contributed by atoms with Crippen LogP contribution in [0.15, 0.2) is 42.5 Å². The van der Waals surface area contributed by atoms with Gasteiger partial charge in [0, 0.05) is 11.1 Å². The highest BCUT2D eigenvalue weighted by molar-refractivity contribution is 6.30. The highest BCUT2D eigenvalue weighted by Crippen LogP contribution is 2.24. The maximum atomic E-state index is 10.9. The average molecular weight is 278 g/mol. The van der Waals surface area contributed by atoms with Gasteiger partial charge in [-0.3, -0.25) is 10.1 Å². The molecular formula is C14H12ClNO3. The zero-order valence-corrected chi connectivity index (χ0v) is 11.1. The first kappa shape index (κ1) is 13.4. The summed E-state index contributed by atoms with van der Waals surface area (Å²) < 4.78 is 5.53. The summed E-state index contributed by atoms with van der Waals surface area (Å²) >= 11 is 5.75. The molecule has 0 radical (unpaired) electrons. The van der Waals surface area contributed by atoms with Crippen molar-refractivity contribution in [2.45, 2.75) is 13.5 Å². The third-order valence-corrected chi connectivity index (χ3v) is 2.89. The van der Waals surface area contributed by atoms with Crippen molar-refractivity contribution < 1.29 is 9.66 Å². The Morgan fingerprint density at radius 1 is 1.21 bits per heavy atom. The molecule has 0 amide bonds. The molecule has 0 fully saturated rings. The fourth-order valence-electron chi connectivity index (χ4n) is 1.62. The number of ether oxygens (including phenoxy) is 1. The lowest BCUT2D eigenvalue weighted by Crippen LogP contribution is -2.00. The van der Waals surface area contributed by atoms with Crippen LogP contribution in [0.2, 0.25) is 5.02 Å². The SMILES string of the molecule is Cc1ccc(OCc2ccc(Cl)cc2[N+](=O)[O-])cc1. The zero-order valence-electron chi connectivity index (χ0n) is 10.3.